The Morgan fingerprint density at radius 2 is 2.06 bits per heavy atom. The zero-order valence-electron chi connectivity index (χ0n) is 10.5. The fourth-order valence-corrected chi connectivity index (χ4v) is 3.22. The molecule has 1 unspecified atom stereocenters. The average molecular weight is 311 g/mol. The number of nitrogens with zero attached hydrogens (tertiary/aromatic N) is 3. The van der Waals surface area contributed by atoms with E-state index in [1.807, 2.05) is 12.4 Å². The van der Waals surface area contributed by atoms with Gasteiger partial charge >= 0.3 is 0 Å². The normalized spacial score (nSPS) is 25.6. The molecule has 3 rings (SSSR count). The van der Waals surface area contributed by atoms with E-state index in [-0.39, 0.29) is 0 Å². The number of hydrogen-bond acceptors (Lipinski definition) is 4. The van der Waals surface area contributed by atoms with Gasteiger partial charge < -0.3 is 10.2 Å². The summed E-state index contributed by atoms with van der Waals surface area (Å²) in [6.07, 6.45) is 5.10. The highest BCUT2D eigenvalue weighted by molar-refractivity contribution is 9.10. The lowest BCUT2D eigenvalue weighted by Crippen LogP contribution is -2.51. The number of halogens is 1. The van der Waals surface area contributed by atoms with Crippen molar-refractivity contribution in [1.29, 1.82) is 0 Å². The molecule has 2 fully saturated rings. The van der Waals surface area contributed by atoms with Crippen LogP contribution < -0.4 is 10.2 Å². The van der Waals surface area contributed by atoms with E-state index >= 15 is 0 Å². The molecule has 0 spiro atoms. The highest BCUT2D eigenvalue weighted by Gasteiger charge is 2.26. The summed E-state index contributed by atoms with van der Waals surface area (Å²) in [5.74, 6) is 0. The van der Waals surface area contributed by atoms with Gasteiger partial charge in [-0.1, -0.05) is 0 Å². The van der Waals surface area contributed by atoms with Crippen molar-refractivity contribution in [2.24, 2.45) is 0 Å². The molecule has 0 radical (unpaired) electrons. The molecule has 3 heterocycles. The molecule has 0 aliphatic carbocycles. The quantitative estimate of drug-likeness (QED) is 0.893. The molecule has 0 aromatic carbocycles. The molecule has 0 amide bonds. The molecule has 1 aromatic rings. The van der Waals surface area contributed by atoms with Crippen LogP contribution in [0.3, 0.4) is 0 Å². The van der Waals surface area contributed by atoms with E-state index in [1.165, 1.54) is 38.3 Å². The fraction of sp³-hybridized carbons (Fsp3) is 0.615. The van der Waals surface area contributed by atoms with Crippen LogP contribution in [0.2, 0.25) is 0 Å². The Kier molecular flexibility index (Phi) is 3.82. The summed E-state index contributed by atoms with van der Waals surface area (Å²) in [6, 6.07) is 2.91. The highest BCUT2D eigenvalue weighted by Crippen LogP contribution is 2.21. The third-order valence-electron chi connectivity index (χ3n) is 3.92. The first-order chi connectivity index (χ1) is 8.83. The Morgan fingerprint density at radius 1 is 1.22 bits per heavy atom. The van der Waals surface area contributed by atoms with Gasteiger partial charge in [0.25, 0.3) is 0 Å². The number of anilines is 1. The third kappa shape index (κ3) is 2.68. The first kappa shape index (κ1) is 12.4. The van der Waals surface area contributed by atoms with Gasteiger partial charge in [0.05, 0.1) is 11.9 Å². The second-order valence-electron chi connectivity index (χ2n) is 5.03. The van der Waals surface area contributed by atoms with Gasteiger partial charge in [-0.25, -0.2) is 0 Å². The minimum Gasteiger partial charge on any atom is -0.368 e. The lowest BCUT2D eigenvalue weighted by Gasteiger charge is -2.38. The second kappa shape index (κ2) is 5.55. The van der Waals surface area contributed by atoms with Gasteiger partial charge in [0.2, 0.25) is 0 Å². The number of hydrogen-bond donors (Lipinski definition) is 1. The van der Waals surface area contributed by atoms with Crippen molar-refractivity contribution in [1.82, 2.24) is 15.2 Å². The van der Waals surface area contributed by atoms with Gasteiger partial charge in [-0.05, 0) is 35.0 Å². The largest absolute Gasteiger partial charge is 0.368 e. The lowest BCUT2D eigenvalue weighted by molar-refractivity contribution is 0.196. The van der Waals surface area contributed by atoms with Gasteiger partial charge in [0, 0.05) is 49.4 Å². The summed E-state index contributed by atoms with van der Waals surface area (Å²) in [5.41, 5.74) is 1.23. The molecule has 5 heteroatoms. The maximum Gasteiger partial charge on any atom is 0.0564 e. The van der Waals surface area contributed by atoms with Crippen LogP contribution in [0.15, 0.2) is 22.9 Å². The van der Waals surface area contributed by atoms with Crippen molar-refractivity contribution in [3.63, 3.8) is 0 Å². The van der Waals surface area contributed by atoms with Crippen LogP contribution in [-0.4, -0.2) is 55.2 Å². The Hall–Kier alpha value is -0.650. The summed E-state index contributed by atoms with van der Waals surface area (Å²) in [5, 5.41) is 3.45. The molecule has 1 N–H and O–H groups in total. The van der Waals surface area contributed by atoms with Crippen LogP contribution in [-0.2, 0) is 0 Å². The van der Waals surface area contributed by atoms with Crippen LogP contribution in [0, 0.1) is 0 Å². The summed E-state index contributed by atoms with van der Waals surface area (Å²) >= 11 is 3.49. The predicted octanol–water partition coefficient (Wildman–Crippen LogP) is 1.33. The minimum absolute atomic E-state index is 0.757. The minimum atomic E-state index is 0.757. The van der Waals surface area contributed by atoms with Crippen molar-refractivity contribution in [2.75, 3.05) is 44.2 Å². The van der Waals surface area contributed by atoms with Crippen molar-refractivity contribution in [3.8, 4) is 0 Å². The molecule has 0 bridgehead atoms. The summed E-state index contributed by atoms with van der Waals surface area (Å²) in [6.45, 7) is 6.89. The monoisotopic (exact) mass is 310 g/mol. The maximum absolute atomic E-state index is 4.24. The van der Waals surface area contributed by atoms with E-state index < -0.39 is 0 Å². The van der Waals surface area contributed by atoms with Gasteiger partial charge in [-0.15, -0.1) is 0 Å². The van der Waals surface area contributed by atoms with Crippen LogP contribution in [0.5, 0.6) is 0 Å². The number of pyridine rings is 1. The van der Waals surface area contributed by atoms with Crippen molar-refractivity contribution >= 4 is 21.6 Å². The Balaban J connectivity index is 1.59. The van der Waals surface area contributed by atoms with E-state index in [1.54, 1.807) is 0 Å². The number of piperazine rings is 1. The molecule has 0 saturated carbocycles. The summed E-state index contributed by atoms with van der Waals surface area (Å²) in [7, 11) is 0. The molecule has 1 atom stereocenters. The van der Waals surface area contributed by atoms with Crippen molar-refractivity contribution < 1.29 is 0 Å². The van der Waals surface area contributed by atoms with Crippen LogP contribution in [0.25, 0.3) is 0 Å². The Bertz CT molecular complexity index is 398. The van der Waals surface area contributed by atoms with Crippen LogP contribution >= 0.6 is 15.9 Å². The van der Waals surface area contributed by atoms with E-state index in [0.29, 0.717) is 0 Å². The average Bonchev–Trinajstić information content (AvgIpc) is 2.93. The summed E-state index contributed by atoms with van der Waals surface area (Å²) < 4.78 is 1.06. The third-order valence-corrected chi connectivity index (χ3v) is 4.35. The maximum atomic E-state index is 4.24. The standard InChI is InChI=1S/C13H19BrN4/c14-11-7-13(10-16-8-11)18-5-3-17(4-6-18)12-1-2-15-9-12/h7-8,10,12,15H,1-6,9H2. The van der Waals surface area contributed by atoms with Gasteiger partial charge in [-0.2, -0.15) is 0 Å². The number of aromatic nitrogens is 1. The zero-order chi connectivity index (χ0) is 12.4. The molecular weight excluding hydrogens is 292 g/mol. The molecular formula is C13H19BrN4. The molecule has 2 aliphatic heterocycles. The highest BCUT2D eigenvalue weighted by atomic mass is 79.9. The first-order valence-electron chi connectivity index (χ1n) is 6.63. The number of nitrogens with one attached hydrogen (secondary N) is 1. The molecule has 4 nitrogen and oxygen atoms in total. The van der Waals surface area contributed by atoms with Crippen LogP contribution in [0.1, 0.15) is 6.42 Å². The van der Waals surface area contributed by atoms with E-state index in [0.717, 1.165) is 23.6 Å². The molecule has 18 heavy (non-hydrogen) atoms. The van der Waals surface area contributed by atoms with Crippen molar-refractivity contribution in [2.45, 2.75) is 12.5 Å². The van der Waals surface area contributed by atoms with E-state index in [9.17, 15) is 0 Å². The Labute approximate surface area is 116 Å². The van der Waals surface area contributed by atoms with Gasteiger partial charge in [0.15, 0.2) is 0 Å². The molecule has 98 valence electrons. The van der Waals surface area contributed by atoms with E-state index in [2.05, 4.69) is 42.1 Å². The molecule has 2 saturated heterocycles. The fourth-order valence-electron chi connectivity index (χ4n) is 2.87. The SMILES string of the molecule is Brc1cncc(N2CCN(C3CCNC3)CC2)c1. The predicted molar refractivity (Wildman–Crippen MR) is 77.0 cm³/mol. The van der Waals surface area contributed by atoms with Crippen LogP contribution in [0.4, 0.5) is 5.69 Å². The lowest BCUT2D eigenvalue weighted by atomic mass is 10.2. The first-order valence-corrected chi connectivity index (χ1v) is 7.42. The second-order valence-corrected chi connectivity index (χ2v) is 5.95. The van der Waals surface area contributed by atoms with Crippen molar-refractivity contribution in [3.05, 3.63) is 22.9 Å². The zero-order valence-corrected chi connectivity index (χ0v) is 12.1. The molecule has 2 aliphatic rings. The molecule has 1 aromatic heterocycles. The van der Waals surface area contributed by atoms with Gasteiger partial charge in [0.1, 0.15) is 0 Å². The van der Waals surface area contributed by atoms with Gasteiger partial charge in [-0.3, -0.25) is 9.88 Å². The topological polar surface area (TPSA) is 31.4 Å². The smallest absolute Gasteiger partial charge is 0.0564 e. The number of rotatable bonds is 2. The summed E-state index contributed by atoms with van der Waals surface area (Å²) in [4.78, 5) is 9.30. The Morgan fingerprint density at radius 3 is 2.72 bits per heavy atom. The van der Waals surface area contributed by atoms with E-state index in [4.69, 9.17) is 0 Å².